The second-order valence-corrected chi connectivity index (χ2v) is 7.53. The first kappa shape index (κ1) is 20.6. The van der Waals surface area contributed by atoms with Gasteiger partial charge in [0.05, 0.1) is 10.2 Å². The Hall–Kier alpha value is -3.69. The molecule has 31 heavy (non-hydrogen) atoms. The smallest absolute Gasteiger partial charge is 0.269 e. The van der Waals surface area contributed by atoms with E-state index in [4.69, 9.17) is 15.2 Å². The molecule has 4 aromatic rings. The maximum absolute atomic E-state index is 11.8. The number of carbonyl (C=O) groups excluding carboxylic acids is 1. The average molecular weight is 436 g/mol. The van der Waals surface area contributed by atoms with E-state index in [-0.39, 0.29) is 5.91 Å². The van der Waals surface area contributed by atoms with Gasteiger partial charge in [0.2, 0.25) is 0 Å². The minimum atomic E-state index is -0.267. The van der Waals surface area contributed by atoms with Gasteiger partial charge in [-0.1, -0.05) is 17.4 Å². The summed E-state index contributed by atoms with van der Waals surface area (Å²) in [6, 6.07) is 16.6. The molecule has 8 nitrogen and oxygen atoms in total. The lowest BCUT2D eigenvalue weighted by atomic mass is 10.3. The molecule has 0 bridgehead atoms. The predicted octanol–water partition coefficient (Wildman–Crippen LogP) is 3.92. The highest BCUT2D eigenvalue weighted by atomic mass is 32.1. The van der Waals surface area contributed by atoms with Crippen molar-refractivity contribution in [3.05, 3.63) is 66.5 Å². The third-order valence-corrected chi connectivity index (χ3v) is 5.19. The molecule has 0 aliphatic heterocycles. The van der Waals surface area contributed by atoms with E-state index in [0.29, 0.717) is 30.3 Å². The number of rotatable bonds is 8. The molecule has 1 amide bonds. The summed E-state index contributed by atoms with van der Waals surface area (Å²) in [4.78, 5) is 20.4. The van der Waals surface area contributed by atoms with Crippen LogP contribution in [0.5, 0.6) is 17.2 Å². The number of pyridine rings is 1. The van der Waals surface area contributed by atoms with Crippen molar-refractivity contribution in [2.75, 3.05) is 25.5 Å². The summed E-state index contributed by atoms with van der Waals surface area (Å²) >= 11 is 1.51. The SMILES string of the molecule is CNC(=O)c1cc(Oc2ccc3nc(Nc4cccc(OCCN)c4)sc3c2)ccn1. The summed E-state index contributed by atoms with van der Waals surface area (Å²) in [5.41, 5.74) is 7.52. The van der Waals surface area contributed by atoms with Crippen LogP contribution in [0.15, 0.2) is 60.8 Å². The summed E-state index contributed by atoms with van der Waals surface area (Å²) in [5.74, 6) is 1.66. The number of anilines is 2. The van der Waals surface area contributed by atoms with Gasteiger partial charge in [-0.25, -0.2) is 4.98 Å². The van der Waals surface area contributed by atoms with Crippen LogP contribution in [-0.2, 0) is 0 Å². The minimum absolute atomic E-state index is 0.267. The monoisotopic (exact) mass is 435 g/mol. The molecule has 0 radical (unpaired) electrons. The molecular formula is C22H21N5O3S. The van der Waals surface area contributed by atoms with Crippen LogP contribution >= 0.6 is 11.3 Å². The summed E-state index contributed by atoms with van der Waals surface area (Å²) in [6.07, 6.45) is 1.54. The van der Waals surface area contributed by atoms with Gasteiger partial charge in [-0.3, -0.25) is 9.78 Å². The molecule has 0 saturated heterocycles. The van der Waals surface area contributed by atoms with Crippen molar-refractivity contribution >= 4 is 38.3 Å². The lowest BCUT2D eigenvalue weighted by molar-refractivity contribution is 0.0958. The van der Waals surface area contributed by atoms with E-state index in [1.165, 1.54) is 11.3 Å². The van der Waals surface area contributed by atoms with Crippen LogP contribution in [0, 0.1) is 0 Å². The fourth-order valence-electron chi connectivity index (χ4n) is 2.85. The normalized spacial score (nSPS) is 10.6. The molecule has 0 saturated carbocycles. The van der Waals surface area contributed by atoms with Gasteiger partial charge in [-0.2, -0.15) is 0 Å². The number of nitrogens with zero attached hydrogens (tertiary/aromatic N) is 2. The van der Waals surface area contributed by atoms with Gasteiger partial charge in [0.1, 0.15) is 29.5 Å². The molecule has 0 spiro atoms. The van der Waals surface area contributed by atoms with Crippen LogP contribution in [0.3, 0.4) is 0 Å². The Kier molecular flexibility index (Phi) is 6.25. The number of nitrogens with one attached hydrogen (secondary N) is 2. The zero-order chi connectivity index (χ0) is 21.6. The number of thiazole rings is 1. The third kappa shape index (κ3) is 5.08. The zero-order valence-electron chi connectivity index (χ0n) is 16.8. The van der Waals surface area contributed by atoms with Crippen molar-refractivity contribution in [2.45, 2.75) is 0 Å². The number of aromatic nitrogens is 2. The van der Waals surface area contributed by atoms with Crippen LogP contribution < -0.4 is 25.8 Å². The zero-order valence-corrected chi connectivity index (χ0v) is 17.6. The van der Waals surface area contributed by atoms with Crippen molar-refractivity contribution in [1.29, 1.82) is 0 Å². The molecule has 0 fully saturated rings. The number of hydrogen-bond acceptors (Lipinski definition) is 8. The number of fused-ring (bicyclic) bond motifs is 1. The second-order valence-electron chi connectivity index (χ2n) is 6.50. The topological polar surface area (TPSA) is 111 Å². The second kappa shape index (κ2) is 9.41. The Morgan fingerprint density at radius 1 is 1.10 bits per heavy atom. The van der Waals surface area contributed by atoms with Crippen LogP contribution in [0.4, 0.5) is 10.8 Å². The fourth-order valence-corrected chi connectivity index (χ4v) is 3.76. The van der Waals surface area contributed by atoms with Crippen molar-refractivity contribution in [3.63, 3.8) is 0 Å². The van der Waals surface area contributed by atoms with Gasteiger partial charge in [-0.05, 0) is 30.3 Å². The Morgan fingerprint density at radius 2 is 1.97 bits per heavy atom. The van der Waals surface area contributed by atoms with Crippen molar-refractivity contribution in [1.82, 2.24) is 15.3 Å². The third-order valence-electron chi connectivity index (χ3n) is 4.26. The maximum Gasteiger partial charge on any atom is 0.269 e. The summed E-state index contributed by atoms with van der Waals surface area (Å²) < 4.78 is 12.4. The average Bonchev–Trinajstić information content (AvgIpc) is 3.19. The van der Waals surface area contributed by atoms with Gasteiger partial charge in [0.15, 0.2) is 5.13 Å². The number of carbonyl (C=O) groups is 1. The molecule has 2 aromatic carbocycles. The van der Waals surface area contributed by atoms with Crippen molar-refractivity contribution < 1.29 is 14.3 Å². The fraction of sp³-hybridized carbons (Fsp3) is 0.136. The van der Waals surface area contributed by atoms with E-state index >= 15 is 0 Å². The van der Waals surface area contributed by atoms with E-state index in [1.54, 1.807) is 25.4 Å². The molecule has 4 N–H and O–H groups in total. The number of hydrogen-bond donors (Lipinski definition) is 3. The molecule has 0 atom stereocenters. The van der Waals surface area contributed by atoms with Gasteiger partial charge in [-0.15, -0.1) is 0 Å². The molecule has 0 unspecified atom stereocenters. The van der Waals surface area contributed by atoms with E-state index in [0.717, 1.165) is 26.8 Å². The van der Waals surface area contributed by atoms with Gasteiger partial charge >= 0.3 is 0 Å². The quantitative estimate of drug-likeness (QED) is 0.384. The molecule has 158 valence electrons. The molecule has 2 heterocycles. The summed E-state index contributed by atoms with van der Waals surface area (Å²) in [7, 11) is 1.56. The Morgan fingerprint density at radius 3 is 2.81 bits per heavy atom. The van der Waals surface area contributed by atoms with Crippen molar-refractivity contribution in [2.24, 2.45) is 5.73 Å². The highest BCUT2D eigenvalue weighted by molar-refractivity contribution is 7.22. The Bertz CT molecular complexity index is 1210. The number of benzene rings is 2. The maximum atomic E-state index is 11.8. The van der Waals surface area contributed by atoms with E-state index in [2.05, 4.69) is 20.6 Å². The molecule has 0 aliphatic rings. The van der Waals surface area contributed by atoms with Gasteiger partial charge < -0.3 is 25.8 Å². The van der Waals surface area contributed by atoms with E-state index < -0.39 is 0 Å². The summed E-state index contributed by atoms with van der Waals surface area (Å²) in [6.45, 7) is 0.933. The largest absolute Gasteiger partial charge is 0.492 e. The van der Waals surface area contributed by atoms with Crippen LogP contribution in [0.25, 0.3) is 10.2 Å². The lowest BCUT2D eigenvalue weighted by Crippen LogP contribution is -2.18. The van der Waals surface area contributed by atoms with E-state index in [1.807, 2.05) is 42.5 Å². The first-order valence-corrected chi connectivity index (χ1v) is 10.4. The number of ether oxygens (including phenoxy) is 2. The van der Waals surface area contributed by atoms with Gasteiger partial charge in [0.25, 0.3) is 5.91 Å². The first-order valence-electron chi connectivity index (χ1n) is 9.61. The highest BCUT2D eigenvalue weighted by Crippen LogP contribution is 2.33. The van der Waals surface area contributed by atoms with Gasteiger partial charge in [0, 0.05) is 43.7 Å². The molecule has 4 rings (SSSR count). The van der Waals surface area contributed by atoms with E-state index in [9.17, 15) is 4.79 Å². The van der Waals surface area contributed by atoms with Crippen molar-refractivity contribution in [3.8, 4) is 17.2 Å². The molecular weight excluding hydrogens is 414 g/mol. The Labute approximate surface area is 183 Å². The highest BCUT2D eigenvalue weighted by Gasteiger charge is 2.09. The van der Waals surface area contributed by atoms with Crippen LogP contribution in [0.2, 0.25) is 0 Å². The molecule has 9 heteroatoms. The number of nitrogens with two attached hydrogens (primary N) is 1. The van der Waals surface area contributed by atoms with Crippen LogP contribution in [-0.4, -0.2) is 36.1 Å². The predicted molar refractivity (Wildman–Crippen MR) is 122 cm³/mol. The number of amides is 1. The van der Waals surface area contributed by atoms with Crippen LogP contribution in [0.1, 0.15) is 10.5 Å². The summed E-state index contributed by atoms with van der Waals surface area (Å²) in [5, 5.41) is 6.62. The molecule has 2 aromatic heterocycles. The standard InChI is InChI=1S/C22H21N5O3S/c1-24-21(28)19-12-17(7-9-25-19)30-16-5-6-18-20(13-16)31-22(27-18)26-14-3-2-4-15(11-14)29-10-8-23/h2-7,9,11-13H,8,10,23H2,1H3,(H,24,28)(H,26,27). The molecule has 0 aliphatic carbocycles. The lowest BCUT2D eigenvalue weighted by Gasteiger charge is -2.07. The Balaban J connectivity index is 1.50. The first-order chi connectivity index (χ1) is 15.1. The minimum Gasteiger partial charge on any atom is -0.492 e.